The Labute approximate surface area is 249 Å². The zero-order chi connectivity index (χ0) is 30.0. The van der Waals surface area contributed by atoms with Crippen LogP contribution in [0.4, 0.5) is 5.69 Å². The molecule has 0 aliphatic heterocycles. The van der Waals surface area contributed by atoms with Crippen molar-refractivity contribution in [3.05, 3.63) is 100 Å². The smallest absolute Gasteiger partial charge is 0.243 e. The Hall–Kier alpha value is -3.36. The third-order valence-corrected chi connectivity index (χ3v) is 8.42. The molecule has 3 aromatic rings. The molecule has 0 fully saturated rings. The molecule has 7 nitrogen and oxygen atoms in total. The summed E-state index contributed by atoms with van der Waals surface area (Å²) in [6.45, 7) is 6.73. The van der Waals surface area contributed by atoms with Crippen LogP contribution in [-0.2, 0) is 32.6 Å². The molecule has 0 bridgehead atoms. The van der Waals surface area contributed by atoms with Crippen LogP contribution in [0.1, 0.15) is 48.4 Å². The van der Waals surface area contributed by atoms with E-state index in [1.165, 1.54) is 10.6 Å². The molecule has 0 aliphatic carbocycles. The highest BCUT2D eigenvalue weighted by atomic mass is 35.5. The van der Waals surface area contributed by atoms with Crippen LogP contribution < -0.4 is 9.62 Å². The first-order valence-electron chi connectivity index (χ1n) is 13.9. The number of carbonyl (C=O) groups excluding carboxylic acids is 2. The summed E-state index contributed by atoms with van der Waals surface area (Å²) in [5.74, 6) is -0.454. The third kappa shape index (κ3) is 9.61. The SMILES string of the molecule is CCCNC(=O)[C@@H](Cc1ccccc1)N(Cc1cccc(Cl)c1)C(=O)CCCN(c1ccc(C)c(C)c1)S(C)(=O)=O. The van der Waals surface area contributed by atoms with E-state index in [2.05, 4.69) is 5.32 Å². The minimum absolute atomic E-state index is 0.0732. The number of carbonyl (C=O) groups is 2. The maximum Gasteiger partial charge on any atom is 0.243 e. The van der Waals surface area contributed by atoms with E-state index in [1.807, 2.05) is 75.4 Å². The first kappa shape index (κ1) is 32.2. The van der Waals surface area contributed by atoms with Gasteiger partial charge in [-0.3, -0.25) is 13.9 Å². The normalized spacial score (nSPS) is 12.0. The number of sulfonamides is 1. The lowest BCUT2D eigenvalue weighted by atomic mass is 10.0. The van der Waals surface area contributed by atoms with Gasteiger partial charge in [0, 0.05) is 37.5 Å². The van der Waals surface area contributed by atoms with E-state index in [4.69, 9.17) is 11.6 Å². The van der Waals surface area contributed by atoms with Crippen LogP contribution in [0.3, 0.4) is 0 Å². The predicted molar refractivity (Wildman–Crippen MR) is 167 cm³/mol. The van der Waals surface area contributed by atoms with Gasteiger partial charge in [-0.2, -0.15) is 0 Å². The highest BCUT2D eigenvalue weighted by Crippen LogP contribution is 2.23. The monoisotopic (exact) mass is 597 g/mol. The van der Waals surface area contributed by atoms with Gasteiger partial charge in [-0.1, -0.05) is 67.1 Å². The quantitative estimate of drug-likeness (QED) is 0.259. The fourth-order valence-corrected chi connectivity index (χ4v) is 5.81. The molecule has 0 aromatic heterocycles. The van der Waals surface area contributed by atoms with Gasteiger partial charge >= 0.3 is 0 Å². The van der Waals surface area contributed by atoms with Gasteiger partial charge in [0.15, 0.2) is 0 Å². The van der Waals surface area contributed by atoms with Crippen molar-refractivity contribution in [2.45, 2.75) is 59.0 Å². The number of nitrogens with zero attached hydrogens (tertiary/aromatic N) is 2. The second-order valence-electron chi connectivity index (χ2n) is 10.4. The van der Waals surface area contributed by atoms with Gasteiger partial charge in [-0.15, -0.1) is 0 Å². The number of halogens is 1. The van der Waals surface area contributed by atoms with Crippen molar-refractivity contribution in [1.29, 1.82) is 0 Å². The van der Waals surface area contributed by atoms with Crippen LogP contribution in [-0.4, -0.2) is 50.5 Å². The fourth-order valence-electron chi connectivity index (χ4n) is 4.64. The van der Waals surface area contributed by atoms with Gasteiger partial charge in [0.1, 0.15) is 6.04 Å². The standard InChI is InChI=1S/C32H40ClN3O4S/c1-5-18-34-32(38)30(22-26-11-7-6-8-12-26)35(23-27-13-9-14-28(33)21-27)31(37)15-10-19-36(41(4,39)40)29-17-16-24(2)25(3)20-29/h6-9,11-14,16-17,20-21,30H,5,10,15,18-19,22-23H2,1-4H3,(H,34,38)/t30-/m1/s1. The summed E-state index contributed by atoms with van der Waals surface area (Å²) in [5.41, 5.74) is 4.37. The van der Waals surface area contributed by atoms with E-state index >= 15 is 0 Å². The van der Waals surface area contributed by atoms with Gasteiger partial charge in [-0.05, 0) is 73.2 Å². The molecule has 3 rings (SSSR count). The minimum Gasteiger partial charge on any atom is -0.354 e. The fraction of sp³-hybridized carbons (Fsp3) is 0.375. The van der Waals surface area contributed by atoms with E-state index < -0.39 is 16.1 Å². The Morgan fingerprint density at radius 1 is 0.927 bits per heavy atom. The van der Waals surface area contributed by atoms with Crippen LogP contribution in [0.2, 0.25) is 5.02 Å². The first-order valence-corrected chi connectivity index (χ1v) is 16.1. The van der Waals surface area contributed by atoms with Crippen LogP contribution >= 0.6 is 11.6 Å². The molecular formula is C32H40ClN3O4S. The molecule has 0 saturated heterocycles. The van der Waals surface area contributed by atoms with Crippen LogP contribution in [0.25, 0.3) is 0 Å². The van der Waals surface area contributed by atoms with Crippen molar-refractivity contribution in [2.24, 2.45) is 0 Å². The van der Waals surface area contributed by atoms with Crippen molar-refractivity contribution >= 4 is 39.1 Å². The van der Waals surface area contributed by atoms with Crippen molar-refractivity contribution < 1.29 is 18.0 Å². The number of hydrogen-bond acceptors (Lipinski definition) is 4. The van der Waals surface area contributed by atoms with E-state index in [0.717, 1.165) is 28.7 Å². The predicted octanol–water partition coefficient (Wildman–Crippen LogP) is 5.67. The summed E-state index contributed by atoms with van der Waals surface area (Å²) in [6.07, 6.45) is 2.65. The van der Waals surface area contributed by atoms with Gasteiger partial charge < -0.3 is 10.2 Å². The Balaban J connectivity index is 1.88. The van der Waals surface area contributed by atoms with Crippen LogP contribution in [0, 0.1) is 13.8 Å². The zero-order valence-electron chi connectivity index (χ0n) is 24.3. The molecule has 41 heavy (non-hydrogen) atoms. The number of hydrogen-bond donors (Lipinski definition) is 1. The summed E-state index contributed by atoms with van der Waals surface area (Å²) < 4.78 is 26.7. The van der Waals surface area contributed by atoms with Crippen LogP contribution in [0.5, 0.6) is 0 Å². The summed E-state index contributed by atoms with van der Waals surface area (Å²) in [6, 6.07) is 21.6. The molecule has 220 valence electrons. The molecule has 0 unspecified atom stereocenters. The molecular weight excluding hydrogens is 558 g/mol. The van der Waals surface area contributed by atoms with Crippen molar-refractivity contribution in [1.82, 2.24) is 10.2 Å². The lowest BCUT2D eigenvalue weighted by Gasteiger charge is -2.32. The number of nitrogens with one attached hydrogen (secondary N) is 1. The maximum atomic E-state index is 13.9. The van der Waals surface area contributed by atoms with Crippen molar-refractivity contribution in [3.8, 4) is 0 Å². The maximum absolute atomic E-state index is 13.9. The van der Waals surface area contributed by atoms with E-state index in [9.17, 15) is 18.0 Å². The number of aryl methyl sites for hydroxylation is 2. The average molecular weight is 598 g/mol. The molecule has 3 aromatic carbocycles. The molecule has 1 atom stereocenters. The molecule has 0 spiro atoms. The van der Waals surface area contributed by atoms with Gasteiger partial charge in [0.05, 0.1) is 11.9 Å². The van der Waals surface area contributed by atoms with E-state index in [0.29, 0.717) is 30.1 Å². The number of amides is 2. The lowest BCUT2D eigenvalue weighted by Crippen LogP contribution is -2.50. The van der Waals surface area contributed by atoms with Crippen molar-refractivity contribution in [3.63, 3.8) is 0 Å². The Morgan fingerprint density at radius 3 is 2.27 bits per heavy atom. The largest absolute Gasteiger partial charge is 0.354 e. The second kappa shape index (κ2) is 15.0. The van der Waals surface area contributed by atoms with E-state index in [1.54, 1.807) is 23.1 Å². The minimum atomic E-state index is -3.57. The molecule has 0 saturated carbocycles. The number of anilines is 1. The first-order chi connectivity index (χ1) is 19.5. The van der Waals surface area contributed by atoms with E-state index in [-0.39, 0.29) is 31.3 Å². The topological polar surface area (TPSA) is 86.8 Å². The Morgan fingerprint density at radius 2 is 1.63 bits per heavy atom. The molecule has 2 amide bonds. The van der Waals surface area contributed by atoms with Gasteiger partial charge in [-0.25, -0.2) is 8.42 Å². The number of benzene rings is 3. The highest BCUT2D eigenvalue weighted by Gasteiger charge is 2.30. The summed E-state index contributed by atoms with van der Waals surface area (Å²) >= 11 is 6.24. The summed E-state index contributed by atoms with van der Waals surface area (Å²) in [7, 11) is -3.57. The third-order valence-electron chi connectivity index (χ3n) is 6.99. The zero-order valence-corrected chi connectivity index (χ0v) is 25.8. The van der Waals surface area contributed by atoms with Gasteiger partial charge in [0.25, 0.3) is 0 Å². The molecule has 9 heteroatoms. The second-order valence-corrected chi connectivity index (χ2v) is 12.7. The van der Waals surface area contributed by atoms with Gasteiger partial charge in [0.2, 0.25) is 21.8 Å². The number of rotatable bonds is 14. The molecule has 0 heterocycles. The molecule has 1 N–H and O–H groups in total. The highest BCUT2D eigenvalue weighted by molar-refractivity contribution is 7.92. The Kier molecular flexibility index (Phi) is 11.8. The summed E-state index contributed by atoms with van der Waals surface area (Å²) in [4.78, 5) is 28.9. The average Bonchev–Trinajstić information content (AvgIpc) is 2.93. The summed E-state index contributed by atoms with van der Waals surface area (Å²) in [5, 5.41) is 3.51. The molecule has 0 radical (unpaired) electrons. The molecule has 0 aliphatic rings. The van der Waals surface area contributed by atoms with Crippen molar-refractivity contribution in [2.75, 3.05) is 23.7 Å². The lowest BCUT2D eigenvalue weighted by molar-refractivity contribution is -0.141. The van der Waals surface area contributed by atoms with Crippen LogP contribution in [0.15, 0.2) is 72.8 Å². The Bertz CT molecular complexity index is 1430.